The lowest BCUT2D eigenvalue weighted by molar-refractivity contribution is 0.0685. The molecule has 21 heavy (non-hydrogen) atoms. The first-order valence-electron chi connectivity index (χ1n) is 5.67. The normalized spacial score (nSPS) is 11.3. The molecule has 2 rings (SSSR count). The van der Waals surface area contributed by atoms with Gasteiger partial charge >= 0.3 is 5.97 Å². The second-order valence-corrected chi connectivity index (χ2v) is 6.08. The zero-order valence-electron chi connectivity index (χ0n) is 10.5. The van der Waals surface area contributed by atoms with Gasteiger partial charge in [-0.25, -0.2) is 22.0 Å². The van der Waals surface area contributed by atoms with Crippen molar-refractivity contribution in [2.24, 2.45) is 0 Å². The van der Waals surface area contributed by atoms with E-state index in [2.05, 4.69) is 4.98 Å². The van der Waals surface area contributed by atoms with E-state index in [0.29, 0.717) is 12.1 Å². The summed E-state index contributed by atoms with van der Waals surface area (Å²) >= 11 is 0. The number of sulfone groups is 1. The molecule has 110 valence electrons. The molecule has 0 saturated carbocycles. The van der Waals surface area contributed by atoms with Crippen LogP contribution in [0.4, 0.5) is 8.78 Å². The van der Waals surface area contributed by atoms with Gasteiger partial charge in [0.25, 0.3) is 0 Å². The molecule has 0 radical (unpaired) electrons. The first-order chi connectivity index (χ1) is 9.83. The van der Waals surface area contributed by atoms with E-state index in [0.717, 1.165) is 0 Å². The number of carboxylic acid groups (broad SMARTS) is 1. The van der Waals surface area contributed by atoms with Crippen LogP contribution in [0.2, 0.25) is 0 Å². The van der Waals surface area contributed by atoms with Gasteiger partial charge in [0, 0.05) is 6.20 Å². The van der Waals surface area contributed by atoms with Crippen molar-refractivity contribution in [2.75, 3.05) is 0 Å². The van der Waals surface area contributed by atoms with Gasteiger partial charge in [0.05, 0.1) is 11.4 Å². The Balaban J connectivity index is 2.51. The quantitative estimate of drug-likeness (QED) is 0.873. The van der Waals surface area contributed by atoms with Crippen LogP contribution in [0.15, 0.2) is 41.4 Å². The fraction of sp³-hybridized carbons (Fsp3) is 0.0769. The Bertz CT molecular complexity index is 791. The highest BCUT2D eigenvalue weighted by molar-refractivity contribution is 7.90. The minimum absolute atomic E-state index is 0.165. The molecule has 0 fully saturated rings. The molecule has 1 heterocycles. The van der Waals surface area contributed by atoms with Gasteiger partial charge in [-0.1, -0.05) is 6.07 Å². The van der Waals surface area contributed by atoms with Crippen molar-refractivity contribution in [3.63, 3.8) is 0 Å². The number of carboxylic acids is 1. The van der Waals surface area contributed by atoms with E-state index in [4.69, 9.17) is 5.11 Å². The number of aromatic nitrogens is 1. The SMILES string of the molecule is O=C(O)c1c(F)ccc(S(=O)(=O)Cc2ccccn2)c1F. The maximum Gasteiger partial charge on any atom is 0.341 e. The summed E-state index contributed by atoms with van der Waals surface area (Å²) in [6, 6.07) is 5.88. The third-order valence-corrected chi connectivity index (χ3v) is 4.33. The summed E-state index contributed by atoms with van der Waals surface area (Å²) in [4.78, 5) is 13.7. The molecule has 2 aromatic rings. The number of hydrogen-bond acceptors (Lipinski definition) is 4. The van der Waals surface area contributed by atoms with Gasteiger partial charge in [0.15, 0.2) is 15.7 Å². The Morgan fingerprint density at radius 3 is 2.48 bits per heavy atom. The van der Waals surface area contributed by atoms with Crippen LogP contribution in [0, 0.1) is 11.6 Å². The number of benzene rings is 1. The molecule has 0 aliphatic carbocycles. The van der Waals surface area contributed by atoms with Crippen molar-refractivity contribution < 1.29 is 27.1 Å². The number of aromatic carboxylic acids is 1. The lowest BCUT2D eigenvalue weighted by Crippen LogP contribution is -2.13. The van der Waals surface area contributed by atoms with E-state index in [-0.39, 0.29) is 5.69 Å². The van der Waals surface area contributed by atoms with Gasteiger partial charge in [-0.3, -0.25) is 4.98 Å². The minimum atomic E-state index is -4.18. The Labute approximate surface area is 118 Å². The van der Waals surface area contributed by atoms with Crippen LogP contribution in [0.5, 0.6) is 0 Å². The van der Waals surface area contributed by atoms with Crippen molar-refractivity contribution in [3.8, 4) is 0 Å². The van der Waals surface area contributed by atoms with Crippen LogP contribution < -0.4 is 0 Å². The number of nitrogens with zero attached hydrogens (tertiary/aromatic N) is 1. The standard InChI is InChI=1S/C13H9F2NO4S/c14-9-4-5-10(12(15)11(9)13(17)18)21(19,20)7-8-3-1-2-6-16-8/h1-6H,7H2,(H,17,18). The molecule has 0 aliphatic heterocycles. The number of pyridine rings is 1. The Morgan fingerprint density at radius 2 is 1.90 bits per heavy atom. The molecule has 1 N–H and O–H groups in total. The van der Waals surface area contributed by atoms with Gasteiger partial charge < -0.3 is 5.11 Å². The molecule has 0 bridgehead atoms. The second kappa shape index (κ2) is 5.57. The fourth-order valence-electron chi connectivity index (χ4n) is 1.73. The van der Waals surface area contributed by atoms with Crippen LogP contribution in [-0.2, 0) is 15.6 Å². The third kappa shape index (κ3) is 3.05. The largest absolute Gasteiger partial charge is 0.477 e. The summed E-state index contributed by atoms with van der Waals surface area (Å²) in [5.74, 6) is -5.44. The Kier molecular flexibility index (Phi) is 3.99. The maximum atomic E-state index is 14.0. The van der Waals surface area contributed by atoms with Gasteiger partial charge in [-0.2, -0.15) is 0 Å². The monoisotopic (exact) mass is 313 g/mol. The van der Waals surface area contributed by atoms with Crippen molar-refractivity contribution in [1.29, 1.82) is 0 Å². The van der Waals surface area contributed by atoms with E-state index in [1.54, 1.807) is 12.1 Å². The molecule has 1 aromatic heterocycles. The van der Waals surface area contributed by atoms with Crippen molar-refractivity contribution >= 4 is 15.8 Å². The summed E-state index contributed by atoms with van der Waals surface area (Å²) < 4.78 is 51.5. The number of rotatable bonds is 4. The lowest BCUT2D eigenvalue weighted by Gasteiger charge is -2.08. The van der Waals surface area contributed by atoms with Crippen molar-refractivity contribution in [2.45, 2.75) is 10.6 Å². The van der Waals surface area contributed by atoms with Crippen LogP contribution in [0.3, 0.4) is 0 Å². The third-order valence-electron chi connectivity index (χ3n) is 2.67. The van der Waals surface area contributed by atoms with Gasteiger partial charge in [-0.15, -0.1) is 0 Å². The number of hydrogen-bond donors (Lipinski definition) is 1. The van der Waals surface area contributed by atoms with Gasteiger partial charge in [-0.05, 0) is 24.3 Å². The van der Waals surface area contributed by atoms with Crippen LogP contribution >= 0.6 is 0 Å². The molecule has 1 aromatic carbocycles. The van der Waals surface area contributed by atoms with Gasteiger partial charge in [0.1, 0.15) is 16.3 Å². The topological polar surface area (TPSA) is 84.3 Å². The molecular weight excluding hydrogens is 304 g/mol. The van der Waals surface area contributed by atoms with E-state index in [1.165, 1.54) is 12.3 Å². The smallest absolute Gasteiger partial charge is 0.341 e. The maximum absolute atomic E-state index is 14.0. The Morgan fingerprint density at radius 1 is 1.19 bits per heavy atom. The molecule has 0 unspecified atom stereocenters. The average Bonchev–Trinajstić information content (AvgIpc) is 2.38. The number of carbonyl (C=O) groups is 1. The predicted molar refractivity (Wildman–Crippen MR) is 68.4 cm³/mol. The highest BCUT2D eigenvalue weighted by atomic mass is 32.2. The van der Waals surface area contributed by atoms with Crippen molar-refractivity contribution in [1.82, 2.24) is 4.98 Å². The van der Waals surface area contributed by atoms with E-state index in [9.17, 15) is 22.0 Å². The van der Waals surface area contributed by atoms with Crippen LogP contribution in [0.1, 0.15) is 16.1 Å². The first kappa shape index (κ1) is 15.0. The minimum Gasteiger partial charge on any atom is -0.477 e. The lowest BCUT2D eigenvalue weighted by atomic mass is 10.2. The van der Waals surface area contributed by atoms with Crippen LogP contribution in [0.25, 0.3) is 0 Å². The molecule has 0 spiro atoms. The average molecular weight is 313 g/mol. The summed E-state index contributed by atoms with van der Waals surface area (Å²) in [7, 11) is -4.18. The molecular formula is C13H9F2NO4S. The summed E-state index contributed by atoms with van der Waals surface area (Å²) in [5.41, 5.74) is -1.13. The van der Waals surface area contributed by atoms with E-state index >= 15 is 0 Å². The first-order valence-corrected chi connectivity index (χ1v) is 7.32. The molecule has 8 heteroatoms. The van der Waals surface area contributed by atoms with Crippen molar-refractivity contribution in [3.05, 3.63) is 59.4 Å². The fourth-order valence-corrected chi connectivity index (χ4v) is 3.09. The molecule has 5 nitrogen and oxygen atoms in total. The van der Waals surface area contributed by atoms with Gasteiger partial charge in [0.2, 0.25) is 0 Å². The number of halogens is 2. The molecule has 0 amide bonds. The second-order valence-electron chi connectivity index (χ2n) is 4.12. The predicted octanol–water partition coefficient (Wildman–Crippen LogP) is 2.03. The van der Waals surface area contributed by atoms with E-state index in [1.807, 2.05) is 0 Å². The molecule has 0 saturated heterocycles. The highest BCUT2D eigenvalue weighted by Gasteiger charge is 2.27. The zero-order valence-corrected chi connectivity index (χ0v) is 11.3. The zero-order chi connectivity index (χ0) is 15.6. The van der Waals surface area contributed by atoms with Crippen LogP contribution in [-0.4, -0.2) is 24.5 Å². The highest BCUT2D eigenvalue weighted by Crippen LogP contribution is 2.23. The Hall–Kier alpha value is -2.35. The summed E-state index contributed by atoms with van der Waals surface area (Å²) in [6.07, 6.45) is 1.37. The summed E-state index contributed by atoms with van der Waals surface area (Å²) in [5, 5.41) is 8.74. The summed E-state index contributed by atoms with van der Waals surface area (Å²) in [6.45, 7) is 0. The molecule has 0 aliphatic rings. The van der Waals surface area contributed by atoms with E-state index < -0.39 is 43.7 Å². The molecule has 0 atom stereocenters.